The number of carbonyl (C=O) groups excluding carboxylic acids is 1. The quantitative estimate of drug-likeness (QED) is 0.721. The van der Waals surface area contributed by atoms with Crippen molar-refractivity contribution in [3.8, 4) is 0 Å². The molecule has 1 aliphatic heterocycles. The number of anilines is 3. The molecular formula is C19H21Cl2N3O. The lowest BCUT2D eigenvalue weighted by Gasteiger charge is -2.36. The minimum atomic E-state index is -0.241. The van der Waals surface area contributed by atoms with Crippen LogP contribution < -0.4 is 16.0 Å². The summed E-state index contributed by atoms with van der Waals surface area (Å²) in [6.45, 7) is 3.18. The molecule has 0 aromatic heterocycles. The van der Waals surface area contributed by atoms with E-state index >= 15 is 0 Å². The molecule has 1 amide bonds. The number of benzene rings is 2. The van der Waals surface area contributed by atoms with Crippen molar-refractivity contribution in [1.82, 2.24) is 0 Å². The van der Waals surface area contributed by atoms with Gasteiger partial charge in [-0.1, -0.05) is 23.2 Å². The van der Waals surface area contributed by atoms with Crippen LogP contribution in [0.3, 0.4) is 0 Å². The Balaban J connectivity index is 1.89. The lowest BCUT2D eigenvalue weighted by Crippen LogP contribution is -2.38. The van der Waals surface area contributed by atoms with E-state index in [2.05, 4.69) is 17.1 Å². The standard InChI is InChI=1S/C19H21Cl2N3O/c1-12-4-2-3-9-24(12)18-8-6-14(22)11-17(18)23-19(25)13-5-7-15(20)16(21)10-13/h5-8,10-12H,2-4,9,22H2,1H3,(H,23,25). The van der Waals surface area contributed by atoms with Crippen LogP contribution in [-0.4, -0.2) is 18.5 Å². The Morgan fingerprint density at radius 2 is 1.96 bits per heavy atom. The molecule has 0 saturated carbocycles. The number of nitrogens with one attached hydrogen (secondary N) is 1. The summed E-state index contributed by atoms with van der Waals surface area (Å²) in [6, 6.07) is 10.9. The fourth-order valence-corrected chi connectivity index (χ4v) is 3.49. The highest BCUT2D eigenvalue weighted by Crippen LogP contribution is 2.33. The van der Waals surface area contributed by atoms with Crippen LogP contribution in [0.15, 0.2) is 36.4 Å². The molecule has 1 heterocycles. The van der Waals surface area contributed by atoms with Crippen LogP contribution in [0.5, 0.6) is 0 Å². The summed E-state index contributed by atoms with van der Waals surface area (Å²) >= 11 is 11.9. The SMILES string of the molecule is CC1CCCCN1c1ccc(N)cc1NC(=O)c1ccc(Cl)c(Cl)c1. The molecular weight excluding hydrogens is 357 g/mol. The molecule has 4 nitrogen and oxygen atoms in total. The first kappa shape index (κ1) is 17.9. The van der Waals surface area contributed by atoms with Gasteiger partial charge in [0.25, 0.3) is 5.91 Å². The molecule has 132 valence electrons. The topological polar surface area (TPSA) is 58.4 Å². The van der Waals surface area contributed by atoms with Gasteiger partial charge in [-0.05, 0) is 62.6 Å². The molecule has 1 fully saturated rings. The molecule has 0 bridgehead atoms. The fraction of sp³-hybridized carbons (Fsp3) is 0.316. The Kier molecular flexibility index (Phi) is 5.40. The first-order valence-corrected chi connectivity index (χ1v) is 9.14. The third-order valence-corrected chi connectivity index (χ3v) is 5.30. The summed E-state index contributed by atoms with van der Waals surface area (Å²) < 4.78 is 0. The summed E-state index contributed by atoms with van der Waals surface area (Å²) in [5.41, 5.74) is 8.71. The minimum Gasteiger partial charge on any atom is -0.399 e. The molecule has 1 atom stereocenters. The maximum atomic E-state index is 12.6. The predicted octanol–water partition coefficient (Wildman–Crippen LogP) is 5.21. The molecule has 0 spiro atoms. The van der Waals surface area contributed by atoms with E-state index in [0.717, 1.165) is 25.1 Å². The van der Waals surface area contributed by atoms with E-state index in [-0.39, 0.29) is 5.91 Å². The highest BCUT2D eigenvalue weighted by Gasteiger charge is 2.22. The van der Waals surface area contributed by atoms with E-state index in [1.165, 1.54) is 6.42 Å². The smallest absolute Gasteiger partial charge is 0.255 e. The average Bonchev–Trinajstić information content (AvgIpc) is 2.58. The molecule has 1 aliphatic rings. The minimum absolute atomic E-state index is 0.241. The van der Waals surface area contributed by atoms with Gasteiger partial charge in [0.2, 0.25) is 0 Å². The second kappa shape index (κ2) is 7.54. The number of piperidine rings is 1. The van der Waals surface area contributed by atoms with Gasteiger partial charge in [0.15, 0.2) is 0 Å². The van der Waals surface area contributed by atoms with E-state index < -0.39 is 0 Å². The van der Waals surface area contributed by atoms with Crippen LogP contribution in [0.1, 0.15) is 36.5 Å². The average molecular weight is 378 g/mol. The Hall–Kier alpha value is -1.91. The van der Waals surface area contributed by atoms with Crippen molar-refractivity contribution in [3.05, 3.63) is 52.0 Å². The molecule has 2 aromatic carbocycles. The van der Waals surface area contributed by atoms with E-state index in [9.17, 15) is 4.79 Å². The van der Waals surface area contributed by atoms with Gasteiger partial charge in [-0.25, -0.2) is 0 Å². The Morgan fingerprint density at radius 3 is 2.68 bits per heavy atom. The summed E-state index contributed by atoms with van der Waals surface area (Å²) in [4.78, 5) is 15.0. The monoisotopic (exact) mass is 377 g/mol. The highest BCUT2D eigenvalue weighted by atomic mass is 35.5. The van der Waals surface area contributed by atoms with Gasteiger partial charge in [0.05, 0.1) is 21.4 Å². The van der Waals surface area contributed by atoms with Crippen molar-refractivity contribution in [3.63, 3.8) is 0 Å². The number of nitrogen functional groups attached to an aromatic ring is 1. The van der Waals surface area contributed by atoms with Gasteiger partial charge in [-0.3, -0.25) is 4.79 Å². The first-order valence-electron chi connectivity index (χ1n) is 8.38. The van der Waals surface area contributed by atoms with Gasteiger partial charge >= 0.3 is 0 Å². The van der Waals surface area contributed by atoms with E-state index in [1.54, 1.807) is 24.3 Å². The van der Waals surface area contributed by atoms with Crippen molar-refractivity contribution in [1.29, 1.82) is 0 Å². The zero-order valence-electron chi connectivity index (χ0n) is 14.1. The second-order valence-electron chi connectivity index (χ2n) is 6.40. The second-order valence-corrected chi connectivity index (χ2v) is 7.21. The molecule has 0 radical (unpaired) electrons. The van der Waals surface area contributed by atoms with Gasteiger partial charge < -0.3 is 16.0 Å². The van der Waals surface area contributed by atoms with Crippen molar-refractivity contribution in [2.75, 3.05) is 22.5 Å². The number of nitrogens with zero attached hydrogens (tertiary/aromatic N) is 1. The van der Waals surface area contributed by atoms with Crippen LogP contribution in [0, 0.1) is 0 Å². The Bertz CT molecular complexity index is 794. The molecule has 25 heavy (non-hydrogen) atoms. The maximum Gasteiger partial charge on any atom is 0.255 e. The summed E-state index contributed by atoms with van der Waals surface area (Å²) in [5, 5.41) is 3.74. The van der Waals surface area contributed by atoms with Crippen molar-refractivity contribution < 1.29 is 4.79 Å². The van der Waals surface area contributed by atoms with Gasteiger partial charge in [0.1, 0.15) is 0 Å². The van der Waals surface area contributed by atoms with Crippen LogP contribution in [0.25, 0.3) is 0 Å². The highest BCUT2D eigenvalue weighted by molar-refractivity contribution is 6.42. The Morgan fingerprint density at radius 1 is 1.16 bits per heavy atom. The third kappa shape index (κ3) is 4.02. The van der Waals surface area contributed by atoms with Crippen molar-refractivity contribution >= 4 is 46.2 Å². The van der Waals surface area contributed by atoms with Crippen LogP contribution in [-0.2, 0) is 0 Å². The number of halogens is 2. The number of nitrogens with two attached hydrogens (primary N) is 1. The first-order chi connectivity index (χ1) is 12.0. The molecule has 3 N–H and O–H groups in total. The number of hydrogen-bond acceptors (Lipinski definition) is 3. The summed E-state index contributed by atoms with van der Waals surface area (Å²) in [7, 11) is 0. The molecule has 1 unspecified atom stereocenters. The number of carbonyl (C=O) groups is 1. The van der Waals surface area contributed by atoms with Crippen molar-refractivity contribution in [2.24, 2.45) is 0 Å². The lowest BCUT2D eigenvalue weighted by atomic mass is 10.0. The zero-order chi connectivity index (χ0) is 18.0. The van der Waals surface area contributed by atoms with Gasteiger partial charge in [-0.2, -0.15) is 0 Å². The lowest BCUT2D eigenvalue weighted by molar-refractivity contribution is 0.102. The molecule has 6 heteroatoms. The predicted molar refractivity (Wildman–Crippen MR) is 106 cm³/mol. The largest absolute Gasteiger partial charge is 0.399 e. The summed E-state index contributed by atoms with van der Waals surface area (Å²) in [6.07, 6.45) is 3.52. The van der Waals surface area contributed by atoms with Gasteiger partial charge in [0, 0.05) is 23.8 Å². The number of hydrogen-bond donors (Lipinski definition) is 2. The van der Waals surface area contributed by atoms with Crippen molar-refractivity contribution in [2.45, 2.75) is 32.2 Å². The molecule has 3 rings (SSSR count). The van der Waals surface area contributed by atoms with Crippen LogP contribution >= 0.6 is 23.2 Å². The molecule has 1 saturated heterocycles. The normalized spacial score (nSPS) is 17.4. The molecule has 2 aromatic rings. The maximum absolute atomic E-state index is 12.6. The Labute approximate surface area is 157 Å². The van der Waals surface area contributed by atoms with E-state index in [4.69, 9.17) is 28.9 Å². The van der Waals surface area contributed by atoms with Crippen LogP contribution in [0.2, 0.25) is 10.0 Å². The van der Waals surface area contributed by atoms with Gasteiger partial charge in [-0.15, -0.1) is 0 Å². The number of amides is 1. The third-order valence-electron chi connectivity index (χ3n) is 4.56. The number of rotatable bonds is 3. The summed E-state index contributed by atoms with van der Waals surface area (Å²) in [5.74, 6) is -0.241. The van der Waals surface area contributed by atoms with Crippen LogP contribution in [0.4, 0.5) is 17.1 Å². The fourth-order valence-electron chi connectivity index (χ4n) is 3.19. The van der Waals surface area contributed by atoms with E-state index in [0.29, 0.717) is 33.0 Å². The van der Waals surface area contributed by atoms with E-state index in [1.807, 2.05) is 12.1 Å². The molecule has 0 aliphatic carbocycles. The zero-order valence-corrected chi connectivity index (χ0v) is 15.6.